The van der Waals surface area contributed by atoms with Gasteiger partial charge >= 0.3 is 0 Å². The minimum Gasteiger partial charge on any atom is -0.330 e. The standard InChI is InChI=1S/C13H19F2N/c1-8(2)12(7-16)13(15)11-5-4-10(14)6-9(11)3/h4-6,8,12-13H,7,16H2,1-3H3. The Morgan fingerprint density at radius 2 is 1.94 bits per heavy atom. The van der Waals surface area contributed by atoms with Crippen molar-refractivity contribution in [3.05, 3.63) is 35.1 Å². The van der Waals surface area contributed by atoms with Gasteiger partial charge in [-0.15, -0.1) is 0 Å². The number of rotatable bonds is 4. The van der Waals surface area contributed by atoms with Gasteiger partial charge in [-0.2, -0.15) is 0 Å². The Balaban J connectivity index is 2.99. The van der Waals surface area contributed by atoms with E-state index in [2.05, 4.69) is 0 Å². The van der Waals surface area contributed by atoms with Crippen LogP contribution in [0.15, 0.2) is 18.2 Å². The summed E-state index contributed by atoms with van der Waals surface area (Å²) in [4.78, 5) is 0. The Bertz CT molecular complexity index is 350. The lowest BCUT2D eigenvalue weighted by atomic mass is 9.86. The van der Waals surface area contributed by atoms with Gasteiger partial charge in [0.2, 0.25) is 0 Å². The van der Waals surface area contributed by atoms with Crippen LogP contribution in [0, 0.1) is 24.6 Å². The van der Waals surface area contributed by atoms with Crippen LogP contribution in [0.4, 0.5) is 8.78 Å². The van der Waals surface area contributed by atoms with Gasteiger partial charge in [0.25, 0.3) is 0 Å². The lowest BCUT2D eigenvalue weighted by Gasteiger charge is -2.24. The van der Waals surface area contributed by atoms with Gasteiger partial charge < -0.3 is 5.73 Å². The largest absolute Gasteiger partial charge is 0.330 e. The summed E-state index contributed by atoms with van der Waals surface area (Å²) in [5.74, 6) is -0.379. The molecule has 0 aliphatic carbocycles. The first-order valence-corrected chi connectivity index (χ1v) is 5.57. The van der Waals surface area contributed by atoms with Crippen molar-refractivity contribution in [2.75, 3.05) is 6.54 Å². The average Bonchev–Trinajstić information content (AvgIpc) is 2.17. The molecule has 0 radical (unpaired) electrons. The fourth-order valence-corrected chi connectivity index (χ4v) is 1.91. The van der Waals surface area contributed by atoms with Gasteiger partial charge in [0.1, 0.15) is 12.0 Å². The minimum absolute atomic E-state index is 0.171. The lowest BCUT2D eigenvalue weighted by molar-refractivity contribution is 0.188. The highest BCUT2D eigenvalue weighted by atomic mass is 19.1. The first kappa shape index (κ1) is 13.1. The molecule has 0 amide bonds. The van der Waals surface area contributed by atoms with Gasteiger partial charge in [0.15, 0.2) is 0 Å². The van der Waals surface area contributed by atoms with Crippen molar-refractivity contribution in [1.82, 2.24) is 0 Å². The molecule has 1 nitrogen and oxygen atoms in total. The molecule has 2 atom stereocenters. The topological polar surface area (TPSA) is 26.0 Å². The van der Waals surface area contributed by atoms with E-state index in [1.54, 1.807) is 6.92 Å². The summed E-state index contributed by atoms with van der Waals surface area (Å²) in [5, 5.41) is 0. The van der Waals surface area contributed by atoms with E-state index in [4.69, 9.17) is 5.73 Å². The highest BCUT2D eigenvalue weighted by Gasteiger charge is 2.25. The molecule has 0 heterocycles. The molecule has 0 aromatic heterocycles. The number of benzene rings is 1. The van der Waals surface area contributed by atoms with Crippen molar-refractivity contribution in [2.24, 2.45) is 17.6 Å². The van der Waals surface area contributed by atoms with Crippen molar-refractivity contribution in [1.29, 1.82) is 0 Å². The normalized spacial score (nSPS) is 15.2. The van der Waals surface area contributed by atoms with Crippen molar-refractivity contribution in [3.8, 4) is 0 Å². The Labute approximate surface area is 95.7 Å². The zero-order chi connectivity index (χ0) is 12.3. The summed E-state index contributed by atoms with van der Waals surface area (Å²) in [5.41, 5.74) is 6.77. The molecule has 0 saturated carbocycles. The molecule has 0 spiro atoms. The summed E-state index contributed by atoms with van der Waals surface area (Å²) >= 11 is 0. The number of aryl methyl sites for hydroxylation is 1. The van der Waals surface area contributed by atoms with Crippen LogP contribution in [-0.2, 0) is 0 Å². The molecule has 0 bridgehead atoms. The molecule has 16 heavy (non-hydrogen) atoms. The van der Waals surface area contributed by atoms with E-state index >= 15 is 0 Å². The second-order valence-corrected chi connectivity index (χ2v) is 4.55. The van der Waals surface area contributed by atoms with Gasteiger partial charge in [-0.05, 0) is 42.6 Å². The monoisotopic (exact) mass is 227 g/mol. The molecule has 0 saturated heterocycles. The zero-order valence-corrected chi connectivity index (χ0v) is 10.0. The van der Waals surface area contributed by atoms with E-state index < -0.39 is 6.17 Å². The summed E-state index contributed by atoms with van der Waals surface area (Å²) in [7, 11) is 0. The molecule has 2 N–H and O–H groups in total. The maximum atomic E-state index is 14.2. The van der Waals surface area contributed by atoms with Gasteiger partial charge in [-0.1, -0.05) is 19.9 Å². The van der Waals surface area contributed by atoms with E-state index in [9.17, 15) is 8.78 Å². The molecule has 1 aromatic rings. The molecule has 1 rings (SSSR count). The SMILES string of the molecule is Cc1cc(F)ccc1C(F)C(CN)C(C)C. The average molecular weight is 227 g/mol. The number of hydrogen-bond acceptors (Lipinski definition) is 1. The third-order valence-electron chi connectivity index (χ3n) is 3.03. The quantitative estimate of drug-likeness (QED) is 0.838. The fraction of sp³-hybridized carbons (Fsp3) is 0.538. The number of alkyl halides is 1. The number of hydrogen-bond donors (Lipinski definition) is 1. The van der Waals surface area contributed by atoms with E-state index in [1.165, 1.54) is 18.2 Å². The van der Waals surface area contributed by atoms with Crippen molar-refractivity contribution in [3.63, 3.8) is 0 Å². The Hall–Kier alpha value is -0.960. The third kappa shape index (κ3) is 2.79. The Morgan fingerprint density at radius 3 is 2.38 bits per heavy atom. The molecule has 3 heteroatoms. The van der Waals surface area contributed by atoms with Crippen molar-refractivity contribution >= 4 is 0 Å². The lowest BCUT2D eigenvalue weighted by Crippen LogP contribution is -2.25. The second-order valence-electron chi connectivity index (χ2n) is 4.55. The van der Waals surface area contributed by atoms with Crippen LogP contribution in [0.5, 0.6) is 0 Å². The molecule has 0 aliphatic heterocycles. The zero-order valence-electron chi connectivity index (χ0n) is 10.0. The van der Waals surface area contributed by atoms with Crippen LogP contribution in [0.1, 0.15) is 31.1 Å². The summed E-state index contributed by atoms with van der Waals surface area (Å²) in [6.45, 7) is 5.92. The van der Waals surface area contributed by atoms with Crippen LogP contribution in [0.3, 0.4) is 0 Å². The van der Waals surface area contributed by atoms with Crippen LogP contribution >= 0.6 is 0 Å². The maximum absolute atomic E-state index is 14.2. The molecular weight excluding hydrogens is 208 g/mol. The van der Waals surface area contributed by atoms with Gasteiger partial charge in [0, 0.05) is 5.92 Å². The van der Waals surface area contributed by atoms with Crippen LogP contribution in [-0.4, -0.2) is 6.54 Å². The van der Waals surface area contributed by atoms with E-state index in [-0.39, 0.29) is 17.7 Å². The number of halogens is 2. The first-order chi connectivity index (χ1) is 7.47. The number of nitrogens with two attached hydrogens (primary N) is 1. The van der Waals surface area contributed by atoms with Crippen molar-refractivity contribution < 1.29 is 8.78 Å². The summed E-state index contributed by atoms with van der Waals surface area (Å²) in [6, 6.07) is 4.17. The highest BCUT2D eigenvalue weighted by molar-refractivity contribution is 5.29. The van der Waals surface area contributed by atoms with Crippen LogP contribution in [0.25, 0.3) is 0 Å². The van der Waals surface area contributed by atoms with E-state index in [1.807, 2.05) is 13.8 Å². The third-order valence-corrected chi connectivity index (χ3v) is 3.03. The van der Waals surface area contributed by atoms with Gasteiger partial charge in [-0.3, -0.25) is 0 Å². The maximum Gasteiger partial charge on any atom is 0.130 e. The van der Waals surface area contributed by atoms with Crippen molar-refractivity contribution in [2.45, 2.75) is 26.9 Å². The predicted octanol–water partition coefficient (Wildman–Crippen LogP) is 3.38. The molecule has 0 aliphatic rings. The Morgan fingerprint density at radius 1 is 1.31 bits per heavy atom. The molecular formula is C13H19F2N. The first-order valence-electron chi connectivity index (χ1n) is 5.57. The summed E-state index contributed by atoms with van der Waals surface area (Å²) in [6.07, 6.45) is -1.12. The second kappa shape index (κ2) is 5.39. The smallest absolute Gasteiger partial charge is 0.130 e. The fourth-order valence-electron chi connectivity index (χ4n) is 1.91. The van der Waals surface area contributed by atoms with Gasteiger partial charge in [-0.25, -0.2) is 8.78 Å². The Kier molecular flexibility index (Phi) is 4.42. The van der Waals surface area contributed by atoms with Gasteiger partial charge in [0.05, 0.1) is 0 Å². The molecule has 90 valence electrons. The molecule has 0 fully saturated rings. The summed E-state index contributed by atoms with van der Waals surface area (Å²) < 4.78 is 27.1. The highest BCUT2D eigenvalue weighted by Crippen LogP contribution is 2.32. The molecule has 1 aromatic carbocycles. The minimum atomic E-state index is -1.12. The predicted molar refractivity (Wildman–Crippen MR) is 62.4 cm³/mol. The van der Waals surface area contributed by atoms with Crippen LogP contribution in [0.2, 0.25) is 0 Å². The van der Waals surface area contributed by atoms with E-state index in [0.29, 0.717) is 17.7 Å². The molecule has 2 unspecified atom stereocenters. The van der Waals surface area contributed by atoms with E-state index in [0.717, 1.165) is 0 Å². The van der Waals surface area contributed by atoms with Crippen LogP contribution < -0.4 is 5.73 Å².